The Kier molecular flexibility index (Phi) is 3.70. The third kappa shape index (κ3) is 2.34. The normalized spacial score (nSPS) is 10.4. The first-order valence-electron chi connectivity index (χ1n) is 6.19. The summed E-state index contributed by atoms with van der Waals surface area (Å²) in [6.07, 6.45) is 1.61. The number of pyridine rings is 1. The molecular weight excluding hydrogens is 257 g/mol. The van der Waals surface area contributed by atoms with E-state index in [0.717, 1.165) is 0 Å². The number of amides is 1. The smallest absolute Gasteiger partial charge is 0.252 e. The van der Waals surface area contributed by atoms with E-state index in [4.69, 9.17) is 5.73 Å². The number of hydrogen-bond acceptors (Lipinski definition) is 3. The van der Waals surface area contributed by atoms with E-state index in [1.165, 1.54) is 6.07 Å². The minimum atomic E-state index is -0.561. The predicted octanol–water partition coefficient (Wildman–Crippen LogP) is 2.65. The van der Waals surface area contributed by atoms with Crippen LogP contribution in [0.4, 0.5) is 10.2 Å². The van der Waals surface area contributed by atoms with Crippen LogP contribution >= 0.6 is 0 Å². The van der Waals surface area contributed by atoms with Gasteiger partial charge in [-0.1, -0.05) is 12.1 Å². The molecule has 2 aromatic rings. The van der Waals surface area contributed by atoms with Crippen LogP contribution in [0.5, 0.6) is 0 Å². The molecule has 3 N–H and O–H groups in total. The average Bonchev–Trinajstić information content (AvgIpc) is 2.41. The van der Waals surface area contributed by atoms with Crippen LogP contribution in [0.25, 0.3) is 11.1 Å². The Labute approximate surface area is 116 Å². The lowest BCUT2D eigenvalue weighted by Gasteiger charge is -2.13. The molecule has 0 aliphatic heterocycles. The fraction of sp³-hybridized carbons (Fsp3) is 0.200. The molecule has 2 rings (SSSR count). The topological polar surface area (TPSA) is 68.0 Å². The highest BCUT2D eigenvalue weighted by Gasteiger charge is 2.16. The highest BCUT2D eigenvalue weighted by atomic mass is 19.1. The van der Waals surface area contributed by atoms with E-state index < -0.39 is 5.91 Å². The van der Waals surface area contributed by atoms with Gasteiger partial charge in [0.05, 0.1) is 5.56 Å². The molecule has 0 saturated heterocycles. The molecule has 0 radical (unpaired) electrons. The van der Waals surface area contributed by atoms with Crippen LogP contribution in [0.2, 0.25) is 0 Å². The van der Waals surface area contributed by atoms with Gasteiger partial charge in [0.15, 0.2) is 0 Å². The summed E-state index contributed by atoms with van der Waals surface area (Å²) in [5.74, 6) is -0.430. The SMILES string of the molecule is CNc1ncc(-c2ccc(C)c(F)c2)c(C)c1C(N)=O. The van der Waals surface area contributed by atoms with E-state index in [-0.39, 0.29) is 5.82 Å². The number of carbonyl (C=O) groups excluding carboxylic acids is 1. The number of nitrogens with zero attached hydrogens (tertiary/aromatic N) is 1. The van der Waals surface area contributed by atoms with Crippen molar-refractivity contribution in [1.82, 2.24) is 4.98 Å². The summed E-state index contributed by atoms with van der Waals surface area (Å²) in [6.45, 7) is 3.47. The van der Waals surface area contributed by atoms with E-state index >= 15 is 0 Å². The second-order valence-corrected chi connectivity index (χ2v) is 4.60. The monoisotopic (exact) mass is 273 g/mol. The number of aromatic nitrogens is 1. The van der Waals surface area contributed by atoms with Crippen molar-refractivity contribution in [2.24, 2.45) is 5.73 Å². The summed E-state index contributed by atoms with van der Waals surface area (Å²) in [5.41, 5.74) is 8.34. The van der Waals surface area contributed by atoms with E-state index in [0.29, 0.717) is 33.6 Å². The van der Waals surface area contributed by atoms with Crippen molar-refractivity contribution in [2.45, 2.75) is 13.8 Å². The van der Waals surface area contributed by atoms with Crippen LogP contribution in [-0.4, -0.2) is 17.9 Å². The molecule has 0 unspecified atom stereocenters. The summed E-state index contributed by atoms with van der Waals surface area (Å²) >= 11 is 0. The average molecular weight is 273 g/mol. The number of hydrogen-bond donors (Lipinski definition) is 2. The Morgan fingerprint density at radius 3 is 2.60 bits per heavy atom. The van der Waals surface area contributed by atoms with Crippen molar-refractivity contribution in [1.29, 1.82) is 0 Å². The number of nitrogens with one attached hydrogen (secondary N) is 1. The molecule has 0 aliphatic rings. The number of anilines is 1. The van der Waals surface area contributed by atoms with E-state index in [2.05, 4.69) is 10.3 Å². The van der Waals surface area contributed by atoms with Gasteiger partial charge < -0.3 is 11.1 Å². The molecule has 0 atom stereocenters. The molecule has 0 spiro atoms. The van der Waals surface area contributed by atoms with Crippen molar-refractivity contribution in [3.8, 4) is 11.1 Å². The maximum atomic E-state index is 13.7. The summed E-state index contributed by atoms with van der Waals surface area (Å²) < 4.78 is 13.7. The van der Waals surface area contributed by atoms with Gasteiger partial charge in [-0.05, 0) is 36.6 Å². The largest absolute Gasteiger partial charge is 0.372 e. The van der Waals surface area contributed by atoms with Gasteiger partial charge in [0.1, 0.15) is 11.6 Å². The standard InChI is InChI=1S/C15H16FN3O/c1-8-4-5-10(6-12(8)16)11-7-19-15(18-3)13(9(11)2)14(17)20/h4-7H,1-3H3,(H2,17,20)(H,18,19). The predicted molar refractivity (Wildman–Crippen MR) is 77.2 cm³/mol. The molecule has 0 saturated carbocycles. The zero-order valence-corrected chi connectivity index (χ0v) is 11.6. The zero-order valence-electron chi connectivity index (χ0n) is 11.6. The van der Waals surface area contributed by atoms with Gasteiger partial charge in [-0.3, -0.25) is 4.79 Å². The molecule has 4 nitrogen and oxygen atoms in total. The number of benzene rings is 1. The van der Waals surface area contributed by atoms with Gasteiger partial charge in [0.2, 0.25) is 0 Å². The number of carbonyl (C=O) groups is 1. The van der Waals surface area contributed by atoms with Gasteiger partial charge in [0, 0.05) is 18.8 Å². The maximum Gasteiger partial charge on any atom is 0.252 e. The molecule has 0 aliphatic carbocycles. The quantitative estimate of drug-likeness (QED) is 0.903. The first-order chi connectivity index (χ1) is 9.45. The molecule has 20 heavy (non-hydrogen) atoms. The molecule has 0 fully saturated rings. The number of primary amides is 1. The lowest BCUT2D eigenvalue weighted by molar-refractivity contribution is 0.100. The van der Waals surface area contributed by atoms with Crippen LogP contribution in [0.3, 0.4) is 0 Å². The second-order valence-electron chi connectivity index (χ2n) is 4.60. The fourth-order valence-electron chi connectivity index (χ4n) is 2.15. The third-order valence-corrected chi connectivity index (χ3v) is 3.30. The number of halogens is 1. The van der Waals surface area contributed by atoms with E-state index in [1.807, 2.05) is 0 Å². The lowest BCUT2D eigenvalue weighted by atomic mass is 9.97. The van der Waals surface area contributed by atoms with Gasteiger partial charge in [-0.25, -0.2) is 9.37 Å². The minimum absolute atomic E-state index is 0.291. The Bertz CT molecular complexity index is 683. The van der Waals surface area contributed by atoms with Crippen molar-refractivity contribution in [2.75, 3.05) is 12.4 Å². The second kappa shape index (κ2) is 5.28. The van der Waals surface area contributed by atoms with Gasteiger partial charge in [-0.2, -0.15) is 0 Å². The summed E-state index contributed by atoms with van der Waals surface area (Å²) in [4.78, 5) is 15.7. The highest BCUT2D eigenvalue weighted by Crippen LogP contribution is 2.29. The van der Waals surface area contributed by atoms with Crippen molar-refractivity contribution < 1.29 is 9.18 Å². The molecule has 104 valence electrons. The zero-order chi connectivity index (χ0) is 14.9. The third-order valence-electron chi connectivity index (χ3n) is 3.30. The number of rotatable bonds is 3. The number of nitrogens with two attached hydrogens (primary N) is 1. The Morgan fingerprint density at radius 2 is 2.05 bits per heavy atom. The highest BCUT2D eigenvalue weighted by molar-refractivity contribution is 6.00. The molecule has 1 amide bonds. The summed E-state index contributed by atoms with van der Waals surface area (Å²) in [7, 11) is 1.67. The first kappa shape index (κ1) is 14.0. The Morgan fingerprint density at radius 1 is 1.35 bits per heavy atom. The van der Waals surface area contributed by atoms with Crippen LogP contribution < -0.4 is 11.1 Å². The van der Waals surface area contributed by atoms with Crippen LogP contribution in [0.1, 0.15) is 21.5 Å². The molecule has 0 bridgehead atoms. The van der Waals surface area contributed by atoms with Crippen molar-refractivity contribution in [3.63, 3.8) is 0 Å². The summed E-state index contributed by atoms with van der Waals surface area (Å²) in [5, 5.41) is 2.83. The van der Waals surface area contributed by atoms with Crippen LogP contribution in [0, 0.1) is 19.7 Å². The molecule has 1 heterocycles. The van der Waals surface area contributed by atoms with Gasteiger partial charge in [0.25, 0.3) is 5.91 Å². The molecule has 1 aromatic carbocycles. The van der Waals surface area contributed by atoms with E-state index in [9.17, 15) is 9.18 Å². The fourth-order valence-corrected chi connectivity index (χ4v) is 2.15. The van der Waals surface area contributed by atoms with E-state index in [1.54, 1.807) is 39.2 Å². The molecule has 1 aromatic heterocycles. The van der Waals surface area contributed by atoms with Crippen LogP contribution in [0.15, 0.2) is 24.4 Å². The molecule has 5 heteroatoms. The lowest BCUT2D eigenvalue weighted by Crippen LogP contribution is -2.16. The number of aryl methyl sites for hydroxylation is 1. The molecular formula is C15H16FN3O. The Hall–Kier alpha value is -2.43. The summed E-state index contributed by atoms with van der Waals surface area (Å²) in [6, 6.07) is 4.93. The van der Waals surface area contributed by atoms with Gasteiger partial charge in [-0.15, -0.1) is 0 Å². The minimum Gasteiger partial charge on any atom is -0.372 e. The maximum absolute atomic E-state index is 13.7. The first-order valence-corrected chi connectivity index (χ1v) is 6.19. The Balaban J connectivity index is 2.66. The van der Waals surface area contributed by atoms with Crippen molar-refractivity contribution in [3.05, 3.63) is 46.9 Å². The van der Waals surface area contributed by atoms with Gasteiger partial charge >= 0.3 is 0 Å². The van der Waals surface area contributed by atoms with Crippen LogP contribution in [-0.2, 0) is 0 Å². The van der Waals surface area contributed by atoms with Crippen molar-refractivity contribution >= 4 is 11.7 Å².